The van der Waals surface area contributed by atoms with Gasteiger partial charge in [0.25, 0.3) is 0 Å². The number of tetrazole rings is 1. The van der Waals surface area contributed by atoms with E-state index in [2.05, 4.69) is 20.7 Å². The van der Waals surface area contributed by atoms with E-state index in [9.17, 15) is 4.79 Å². The van der Waals surface area contributed by atoms with Crippen molar-refractivity contribution >= 4 is 5.91 Å². The summed E-state index contributed by atoms with van der Waals surface area (Å²) in [5, 5.41) is 14.3. The molecular weight excluding hydrogens is 206 g/mol. The lowest BCUT2D eigenvalue weighted by Crippen LogP contribution is -2.24. The van der Waals surface area contributed by atoms with Crippen LogP contribution >= 0.6 is 0 Å². The van der Waals surface area contributed by atoms with Gasteiger partial charge < -0.3 is 5.32 Å². The molecule has 0 fully saturated rings. The van der Waals surface area contributed by atoms with E-state index in [1.807, 2.05) is 30.3 Å². The minimum atomic E-state index is -0.156. The number of rotatable bonds is 3. The molecule has 0 aliphatic rings. The van der Waals surface area contributed by atoms with Crippen LogP contribution < -0.4 is 5.32 Å². The molecular formula is C10H11N5O. The van der Waals surface area contributed by atoms with Crippen molar-refractivity contribution in [3.05, 3.63) is 30.3 Å². The Balaban J connectivity index is 2.17. The number of nitrogens with zero attached hydrogens (tertiary/aromatic N) is 4. The van der Waals surface area contributed by atoms with Crippen molar-refractivity contribution in [2.45, 2.75) is 6.54 Å². The molecule has 0 bridgehead atoms. The highest BCUT2D eigenvalue weighted by atomic mass is 16.2. The Morgan fingerprint density at radius 3 is 2.81 bits per heavy atom. The molecule has 1 aromatic heterocycles. The Labute approximate surface area is 92.3 Å². The highest BCUT2D eigenvalue weighted by molar-refractivity contribution is 5.75. The van der Waals surface area contributed by atoms with Gasteiger partial charge in [-0.05, 0) is 5.21 Å². The molecule has 16 heavy (non-hydrogen) atoms. The lowest BCUT2D eigenvalue weighted by atomic mass is 10.2. The molecule has 1 aromatic carbocycles. The molecule has 0 aliphatic carbocycles. The van der Waals surface area contributed by atoms with Gasteiger partial charge >= 0.3 is 0 Å². The number of nitrogens with one attached hydrogen (secondary N) is 1. The van der Waals surface area contributed by atoms with Crippen molar-refractivity contribution in [2.75, 3.05) is 7.05 Å². The first-order valence-corrected chi connectivity index (χ1v) is 4.83. The summed E-state index contributed by atoms with van der Waals surface area (Å²) in [4.78, 5) is 12.4. The number of amides is 1. The van der Waals surface area contributed by atoms with Crippen LogP contribution in [0, 0.1) is 0 Å². The fourth-order valence-corrected chi connectivity index (χ4v) is 1.22. The molecule has 0 spiro atoms. The van der Waals surface area contributed by atoms with Gasteiger partial charge in [-0.25, -0.2) is 0 Å². The van der Waals surface area contributed by atoms with Crippen LogP contribution in [0.1, 0.15) is 0 Å². The summed E-state index contributed by atoms with van der Waals surface area (Å²) >= 11 is 0. The number of aromatic nitrogens is 4. The molecule has 1 N–H and O–H groups in total. The second-order valence-corrected chi connectivity index (χ2v) is 3.18. The number of carbonyl (C=O) groups is 1. The van der Waals surface area contributed by atoms with E-state index in [1.54, 1.807) is 7.05 Å². The minimum Gasteiger partial charge on any atom is -0.358 e. The summed E-state index contributed by atoms with van der Waals surface area (Å²) in [6.07, 6.45) is 0. The number of benzene rings is 1. The molecule has 1 amide bonds. The standard InChI is InChI=1S/C10H11N5O/c1-11-9(16)7-15-13-10(12-14-15)8-5-3-2-4-6-8/h2-6H,7H2,1H3,(H,11,16). The first-order valence-electron chi connectivity index (χ1n) is 4.83. The molecule has 1 heterocycles. The molecule has 0 saturated heterocycles. The van der Waals surface area contributed by atoms with Crippen molar-refractivity contribution < 1.29 is 4.79 Å². The van der Waals surface area contributed by atoms with E-state index in [1.165, 1.54) is 4.80 Å². The van der Waals surface area contributed by atoms with Gasteiger partial charge in [-0.1, -0.05) is 30.3 Å². The summed E-state index contributed by atoms with van der Waals surface area (Å²) in [7, 11) is 1.57. The predicted octanol–water partition coefficient (Wildman–Crippen LogP) is 0.0861. The molecule has 82 valence electrons. The zero-order valence-corrected chi connectivity index (χ0v) is 8.79. The fraction of sp³-hybridized carbons (Fsp3) is 0.200. The van der Waals surface area contributed by atoms with Crippen molar-refractivity contribution in [2.24, 2.45) is 0 Å². The highest BCUT2D eigenvalue weighted by Gasteiger charge is 2.07. The summed E-state index contributed by atoms with van der Waals surface area (Å²) in [5.41, 5.74) is 0.880. The molecule has 0 aliphatic heterocycles. The molecule has 0 saturated carbocycles. The first kappa shape index (κ1) is 10.3. The Hall–Kier alpha value is -2.24. The predicted molar refractivity (Wildman–Crippen MR) is 57.3 cm³/mol. The van der Waals surface area contributed by atoms with Crippen molar-refractivity contribution in [3.63, 3.8) is 0 Å². The summed E-state index contributed by atoms with van der Waals surface area (Å²) < 4.78 is 0. The van der Waals surface area contributed by atoms with E-state index >= 15 is 0 Å². The second-order valence-electron chi connectivity index (χ2n) is 3.18. The van der Waals surface area contributed by atoms with Crippen LogP contribution in [0.3, 0.4) is 0 Å². The zero-order chi connectivity index (χ0) is 11.4. The third kappa shape index (κ3) is 2.22. The average Bonchev–Trinajstić information content (AvgIpc) is 2.78. The number of hydrogen-bond donors (Lipinski definition) is 1. The van der Waals surface area contributed by atoms with Crippen molar-refractivity contribution in [1.29, 1.82) is 0 Å². The van der Waals surface area contributed by atoms with Crippen LogP contribution in [0.25, 0.3) is 11.4 Å². The van der Waals surface area contributed by atoms with E-state index in [-0.39, 0.29) is 12.5 Å². The summed E-state index contributed by atoms with van der Waals surface area (Å²) in [6, 6.07) is 9.49. The molecule has 0 radical (unpaired) electrons. The van der Waals surface area contributed by atoms with E-state index in [0.717, 1.165) is 5.56 Å². The topological polar surface area (TPSA) is 72.7 Å². The molecule has 6 heteroatoms. The first-order chi connectivity index (χ1) is 7.79. The maximum Gasteiger partial charge on any atom is 0.243 e. The number of likely N-dealkylation sites (N-methyl/N-ethyl adjacent to an activating group) is 1. The quantitative estimate of drug-likeness (QED) is 0.790. The lowest BCUT2D eigenvalue weighted by molar-refractivity contribution is -0.121. The zero-order valence-electron chi connectivity index (χ0n) is 8.79. The maximum absolute atomic E-state index is 11.1. The monoisotopic (exact) mass is 217 g/mol. The van der Waals surface area contributed by atoms with Crippen LogP contribution in [0.2, 0.25) is 0 Å². The number of hydrogen-bond acceptors (Lipinski definition) is 4. The fourth-order valence-electron chi connectivity index (χ4n) is 1.22. The third-order valence-electron chi connectivity index (χ3n) is 2.05. The van der Waals surface area contributed by atoms with E-state index in [0.29, 0.717) is 5.82 Å². The SMILES string of the molecule is CNC(=O)Cn1nnc(-c2ccccc2)n1. The molecule has 0 atom stereocenters. The van der Waals surface area contributed by atoms with Crippen LogP contribution in [0.4, 0.5) is 0 Å². The second kappa shape index (κ2) is 4.52. The van der Waals surface area contributed by atoms with E-state index < -0.39 is 0 Å². The number of carbonyl (C=O) groups excluding carboxylic acids is 1. The third-order valence-corrected chi connectivity index (χ3v) is 2.05. The Morgan fingerprint density at radius 2 is 2.12 bits per heavy atom. The van der Waals surface area contributed by atoms with E-state index in [4.69, 9.17) is 0 Å². The lowest BCUT2D eigenvalue weighted by Gasteiger charge is -1.96. The minimum absolute atomic E-state index is 0.0797. The largest absolute Gasteiger partial charge is 0.358 e. The Morgan fingerprint density at radius 1 is 1.38 bits per heavy atom. The highest BCUT2D eigenvalue weighted by Crippen LogP contribution is 2.11. The normalized spacial score (nSPS) is 10.1. The van der Waals surface area contributed by atoms with Crippen LogP contribution in [0.15, 0.2) is 30.3 Å². The summed E-state index contributed by atoms with van der Waals surface area (Å²) in [5.74, 6) is 0.363. The molecule has 2 rings (SSSR count). The van der Waals surface area contributed by atoms with Crippen LogP contribution in [0.5, 0.6) is 0 Å². The van der Waals surface area contributed by atoms with Gasteiger partial charge in [0.1, 0.15) is 6.54 Å². The van der Waals surface area contributed by atoms with Gasteiger partial charge in [0, 0.05) is 12.6 Å². The Bertz CT molecular complexity index is 479. The van der Waals surface area contributed by atoms with Crippen molar-refractivity contribution in [1.82, 2.24) is 25.5 Å². The van der Waals surface area contributed by atoms with Gasteiger partial charge in [0.15, 0.2) is 0 Å². The van der Waals surface area contributed by atoms with Gasteiger partial charge in [-0.15, -0.1) is 10.2 Å². The van der Waals surface area contributed by atoms with Gasteiger partial charge in [-0.3, -0.25) is 4.79 Å². The van der Waals surface area contributed by atoms with Gasteiger partial charge in [-0.2, -0.15) is 4.80 Å². The average molecular weight is 217 g/mol. The Kier molecular flexibility index (Phi) is 2.90. The molecule has 6 nitrogen and oxygen atoms in total. The van der Waals surface area contributed by atoms with Gasteiger partial charge in [0.05, 0.1) is 0 Å². The van der Waals surface area contributed by atoms with Crippen LogP contribution in [-0.4, -0.2) is 33.2 Å². The molecule has 0 unspecified atom stereocenters. The summed E-state index contributed by atoms with van der Waals surface area (Å²) in [6.45, 7) is 0.0797. The smallest absolute Gasteiger partial charge is 0.243 e. The molecule has 2 aromatic rings. The van der Waals surface area contributed by atoms with Gasteiger partial charge in [0.2, 0.25) is 11.7 Å². The van der Waals surface area contributed by atoms with Crippen LogP contribution in [-0.2, 0) is 11.3 Å². The maximum atomic E-state index is 11.1. The van der Waals surface area contributed by atoms with Crippen molar-refractivity contribution in [3.8, 4) is 11.4 Å².